The molecule has 6 heteroatoms. The molecule has 3 rings (SSSR count). The van der Waals surface area contributed by atoms with Crippen molar-refractivity contribution in [1.82, 2.24) is 16.0 Å². The van der Waals surface area contributed by atoms with E-state index < -0.39 is 6.04 Å². The van der Waals surface area contributed by atoms with Gasteiger partial charge < -0.3 is 20.9 Å². The molecule has 1 atom stereocenters. The molecule has 0 aromatic heterocycles. The number of urea groups is 1. The third-order valence-electron chi connectivity index (χ3n) is 4.48. The predicted molar refractivity (Wildman–Crippen MR) is 89.3 cm³/mol. The van der Waals surface area contributed by atoms with Crippen LogP contribution in [0.2, 0.25) is 0 Å². The Bertz CT molecular complexity index is 569. The maximum absolute atomic E-state index is 12.0. The van der Waals surface area contributed by atoms with E-state index in [1.54, 1.807) is 0 Å². The Morgan fingerprint density at radius 2 is 2.00 bits per heavy atom. The summed E-state index contributed by atoms with van der Waals surface area (Å²) < 4.78 is 0. The molecule has 0 spiro atoms. The highest BCUT2D eigenvalue weighted by Gasteiger charge is 2.25. The molecular weight excluding hydrogens is 292 g/mol. The van der Waals surface area contributed by atoms with Gasteiger partial charge in [-0.2, -0.15) is 0 Å². The molecule has 3 amide bonds. The van der Waals surface area contributed by atoms with Crippen LogP contribution < -0.4 is 20.9 Å². The molecule has 0 unspecified atom stereocenters. The van der Waals surface area contributed by atoms with Crippen LogP contribution in [0.5, 0.6) is 0 Å². The summed E-state index contributed by atoms with van der Waals surface area (Å²) in [6.45, 7) is 3.24. The highest BCUT2D eigenvalue weighted by atomic mass is 16.2. The number of carbonyl (C=O) groups excluding carboxylic acids is 2. The van der Waals surface area contributed by atoms with Crippen LogP contribution in [0, 0.1) is 0 Å². The van der Waals surface area contributed by atoms with Gasteiger partial charge in [0.05, 0.1) is 0 Å². The normalized spacial score (nSPS) is 21.0. The second-order valence-corrected chi connectivity index (χ2v) is 6.14. The maximum Gasteiger partial charge on any atom is 0.315 e. The second kappa shape index (κ2) is 7.35. The average Bonchev–Trinajstić information content (AvgIpc) is 2.99. The van der Waals surface area contributed by atoms with E-state index in [1.165, 1.54) is 24.9 Å². The molecule has 2 aliphatic heterocycles. The van der Waals surface area contributed by atoms with Crippen molar-refractivity contribution in [3.05, 3.63) is 29.8 Å². The van der Waals surface area contributed by atoms with Gasteiger partial charge in [-0.3, -0.25) is 4.79 Å². The second-order valence-electron chi connectivity index (χ2n) is 6.14. The van der Waals surface area contributed by atoms with E-state index in [0.29, 0.717) is 19.5 Å². The molecule has 2 saturated heterocycles. The zero-order valence-electron chi connectivity index (χ0n) is 13.3. The molecule has 23 heavy (non-hydrogen) atoms. The first-order valence-corrected chi connectivity index (χ1v) is 8.39. The lowest BCUT2D eigenvalue weighted by Crippen LogP contribution is -2.45. The molecule has 2 aliphatic rings. The number of para-hydroxylation sites is 1. The summed E-state index contributed by atoms with van der Waals surface area (Å²) in [5.74, 6) is -0.103. The van der Waals surface area contributed by atoms with E-state index in [4.69, 9.17) is 0 Å². The van der Waals surface area contributed by atoms with Crippen molar-refractivity contribution in [2.45, 2.75) is 38.3 Å². The van der Waals surface area contributed by atoms with E-state index in [1.807, 2.05) is 18.2 Å². The first kappa shape index (κ1) is 15.6. The minimum Gasteiger partial charge on any atom is -0.371 e. The zero-order valence-corrected chi connectivity index (χ0v) is 13.3. The molecule has 2 fully saturated rings. The van der Waals surface area contributed by atoms with Crippen LogP contribution in [0.1, 0.15) is 31.2 Å². The van der Waals surface area contributed by atoms with Crippen LogP contribution in [0.15, 0.2) is 24.3 Å². The minimum atomic E-state index is -0.410. The fraction of sp³-hybridized carbons (Fsp3) is 0.529. The molecule has 0 radical (unpaired) electrons. The van der Waals surface area contributed by atoms with Gasteiger partial charge >= 0.3 is 6.03 Å². The number of amides is 3. The number of carbonyl (C=O) groups is 2. The van der Waals surface area contributed by atoms with Crippen molar-refractivity contribution in [3.63, 3.8) is 0 Å². The summed E-state index contributed by atoms with van der Waals surface area (Å²) in [4.78, 5) is 25.9. The topological polar surface area (TPSA) is 73.5 Å². The van der Waals surface area contributed by atoms with Gasteiger partial charge in [0.15, 0.2) is 0 Å². The Kier molecular flexibility index (Phi) is 5.00. The largest absolute Gasteiger partial charge is 0.371 e. The standard InChI is InChI=1S/C17H24N4O2/c22-16-14(8-9-18-16)20-17(23)19-12-13-6-2-3-7-15(13)21-10-4-1-5-11-21/h2-3,6-7,14H,1,4-5,8-12H2,(H,18,22)(H2,19,20,23)/t14-/m0/s1. The number of nitrogens with zero attached hydrogens (tertiary/aromatic N) is 1. The van der Waals surface area contributed by atoms with Crippen LogP contribution >= 0.6 is 0 Å². The van der Waals surface area contributed by atoms with Gasteiger partial charge in [0.1, 0.15) is 6.04 Å². The number of nitrogens with one attached hydrogen (secondary N) is 3. The van der Waals surface area contributed by atoms with Gasteiger partial charge in [-0.25, -0.2) is 4.79 Å². The lowest BCUT2D eigenvalue weighted by molar-refractivity contribution is -0.120. The van der Waals surface area contributed by atoms with E-state index in [9.17, 15) is 9.59 Å². The quantitative estimate of drug-likeness (QED) is 0.785. The molecular formula is C17H24N4O2. The molecule has 0 bridgehead atoms. The van der Waals surface area contributed by atoms with Crippen LogP contribution in [-0.4, -0.2) is 37.6 Å². The van der Waals surface area contributed by atoms with Gasteiger partial charge in [-0.05, 0) is 37.3 Å². The molecule has 124 valence electrons. The first-order valence-electron chi connectivity index (χ1n) is 8.39. The summed E-state index contributed by atoms with van der Waals surface area (Å²) in [5.41, 5.74) is 2.31. The monoisotopic (exact) mass is 316 g/mol. The van der Waals surface area contributed by atoms with Gasteiger partial charge in [0.2, 0.25) is 5.91 Å². The van der Waals surface area contributed by atoms with Gasteiger partial charge in [-0.15, -0.1) is 0 Å². The SMILES string of the molecule is O=C(NCc1ccccc1N1CCCCC1)N[C@H]1CCNC1=O. The van der Waals surface area contributed by atoms with Crippen molar-refractivity contribution < 1.29 is 9.59 Å². The third kappa shape index (κ3) is 3.94. The number of hydrogen-bond donors (Lipinski definition) is 3. The van der Waals surface area contributed by atoms with Gasteiger partial charge in [0.25, 0.3) is 0 Å². The highest BCUT2D eigenvalue weighted by Crippen LogP contribution is 2.23. The summed E-state index contributed by atoms with van der Waals surface area (Å²) in [5, 5.41) is 8.30. The molecule has 0 saturated carbocycles. The Hall–Kier alpha value is -2.24. The number of rotatable bonds is 4. The maximum atomic E-state index is 12.0. The van der Waals surface area contributed by atoms with Crippen molar-refractivity contribution in [1.29, 1.82) is 0 Å². The molecule has 3 N–H and O–H groups in total. The number of hydrogen-bond acceptors (Lipinski definition) is 3. The predicted octanol–water partition coefficient (Wildman–Crippen LogP) is 1.36. The van der Waals surface area contributed by atoms with E-state index in [-0.39, 0.29) is 11.9 Å². The van der Waals surface area contributed by atoms with E-state index in [2.05, 4.69) is 26.9 Å². The van der Waals surface area contributed by atoms with Crippen LogP contribution in [-0.2, 0) is 11.3 Å². The average molecular weight is 316 g/mol. The first-order chi connectivity index (χ1) is 11.2. The Labute approximate surface area is 136 Å². The van der Waals surface area contributed by atoms with Crippen molar-refractivity contribution in [2.24, 2.45) is 0 Å². The summed E-state index contributed by atoms with van der Waals surface area (Å²) in [6.07, 6.45) is 4.39. The number of benzene rings is 1. The van der Waals surface area contributed by atoms with Crippen molar-refractivity contribution in [3.8, 4) is 0 Å². The molecule has 1 aromatic rings. The summed E-state index contributed by atoms with van der Waals surface area (Å²) in [6, 6.07) is 7.49. The minimum absolute atomic E-state index is 0.103. The molecule has 0 aliphatic carbocycles. The lowest BCUT2D eigenvalue weighted by Gasteiger charge is -2.30. The molecule has 6 nitrogen and oxygen atoms in total. The fourth-order valence-corrected chi connectivity index (χ4v) is 3.22. The van der Waals surface area contributed by atoms with Crippen LogP contribution in [0.25, 0.3) is 0 Å². The summed E-state index contributed by atoms with van der Waals surface area (Å²) in [7, 11) is 0. The number of piperidine rings is 1. The fourth-order valence-electron chi connectivity index (χ4n) is 3.22. The van der Waals surface area contributed by atoms with Crippen molar-refractivity contribution >= 4 is 17.6 Å². The Balaban J connectivity index is 1.57. The Morgan fingerprint density at radius 1 is 1.22 bits per heavy atom. The van der Waals surface area contributed by atoms with E-state index >= 15 is 0 Å². The lowest BCUT2D eigenvalue weighted by atomic mass is 10.1. The zero-order chi connectivity index (χ0) is 16.1. The summed E-state index contributed by atoms with van der Waals surface area (Å²) >= 11 is 0. The third-order valence-corrected chi connectivity index (χ3v) is 4.48. The van der Waals surface area contributed by atoms with Crippen LogP contribution in [0.4, 0.5) is 10.5 Å². The number of anilines is 1. The van der Waals surface area contributed by atoms with Crippen LogP contribution in [0.3, 0.4) is 0 Å². The van der Waals surface area contributed by atoms with Crippen molar-refractivity contribution in [2.75, 3.05) is 24.5 Å². The van der Waals surface area contributed by atoms with Gasteiger partial charge in [-0.1, -0.05) is 18.2 Å². The smallest absolute Gasteiger partial charge is 0.315 e. The Morgan fingerprint density at radius 3 is 2.74 bits per heavy atom. The molecule has 2 heterocycles. The highest BCUT2D eigenvalue weighted by molar-refractivity contribution is 5.88. The van der Waals surface area contributed by atoms with E-state index in [0.717, 1.165) is 18.7 Å². The van der Waals surface area contributed by atoms with Gasteiger partial charge in [0, 0.05) is 31.9 Å². The molecule has 1 aromatic carbocycles.